The van der Waals surface area contributed by atoms with Gasteiger partial charge in [-0.3, -0.25) is 0 Å². The summed E-state index contributed by atoms with van der Waals surface area (Å²) in [7, 11) is 3.33. The number of ether oxygens (including phenoxy) is 2. The first-order valence-corrected chi connectivity index (χ1v) is 8.08. The molecule has 0 aliphatic carbocycles. The summed E-state index contributed by atoms with van der Waals surface area (Å²) < 4.78 is 13.0. The second kappa shape index (κ2) is 8.85. The monoisotopic (exact) mass is 447 g/mol. The zero-order valence-electron chi connectivity index (χ0n) is 14.7. The van der Waals surface area contributed by atoms with E-state index in [0.717, 1.165) is 29.3 Å². The molecule has 2 aromatic carbocycles. The summed E-state index contributed by atoms with van der Waals surface area (Å²) in [5, 5.41) is 1.25. The number of halogens is 1. The quantitative estimate of drug-likeness (QED) is 0.435. The largest absolute Gasteiger partial charge is 1.00 e. The molecule has 25 heavy (non-hydrogen) atoms. The minimum Gasteiger partial charge on any atom is -1.00 e. The van der Waals surface area contributed by atoms with E-state index in [4.69, 9.17) is 9.47 Å². The van der Waals surface area contributed by atoms with E-state index in [1.165, 1.54) is 10.9 Å². The van der Waals surface area contributed by atoms with Gasteiger partial charge in [-0.25, -0.2) is 0 Å². The summed E-state index contributed by atoms with van der Waals surface area (Å²) in [5.41, 5.74) is 3.42. The molecule has 0 atom stereocenters. The van der Waals surface area contributed by atoms with Gasteiger partial charge >= 0.3 is 0 Å². The smallest absolute Gasteiger partial charge is 0.212 e. The lowest BCUT2D eigenvalue weighted by Crippen LogP contribution is -3.00. The molecule has 4 heteroatoms. The topological polar surface area (TPSA) is 22.3 Å². The highest BCUT2D eigenvalue weighted by atomic mass is 127. The van der Waals surface area contributed by atoms with E-state index < -0.39 is 0 Å². The van der Waals surface area contributed by atoms with Crippen LogP contribution in [0.4, 0.5) is 0 Å². The molecule has 0 aliphatic rings. The molecule has 3 rings (SSSR count). The van der Waals surface area contributed by atoms with E-state index in [2.05, 4.69) is 60.0 Å². The fourth-order valence-corrected chi connectivity index (χ4v) is 2.91. The predicted molar refractivity (Wildman–Crippen MR) is 98.3 cm³/mol. The number of aromatic nitrogens is 1. The molecule has 0 saturated carbocycles. The number of aryl methyl sites for hydroxylation is 1. The number of pyridine rings is 1. The van der Waals surface area contributed by atoms with Crippen molar-refractivity contribution in [3.05, 3.63) is 65.9 Å². The molecule has 0 amide bonds. The zero-order chi connectivity index (χ0) is 16.9. The highest BCUT2D eigenvalue weighted by Crippen LogP contribution is 2.26. The van der Waals surface area contributed by atoms with Crippen molar-refractivity contribution in [2.75, 3.05) is 14.2 Å². The fraction of sp³-hybridized carbons (Fsp3) is 0.190. The molecule has 0 spiro atoms. The molecular formula is C21H22INO2. The molecule has 3 aromatic rings. The lowest BCUT2D eigenvalue weighted by molar-refractivity contribution is -0.669. The average Bonchev–Trinajstić information content (AvgIpc) is 2.65. The maximum absolute atomic E-state index is 5.47. The van der Waals surface area contributed by atoms with Crippen LogP contribution in [0.15, 0.2) is 54.6 Å². The van der Waals surface area contributed by atoms with Crippen molar-refractivity contribution < 1.29 is 38.0 Å². The Morgan fingerprint density at radius 1 is 0.920 bits per heavy atom. The first kappa shape index (κ1) is 19.2. The molecule has 0 unspecified atom stereocenters. The molecule has 1 aromatic heterocycles. The average molecular weight is 447 g/mol. The second-order valence-electron chi connectivity index (χ2n) is 5.50. The minimum atomic E-state index is 0. The third-order valence-corrected chi connectivity index (χ3v) is 4.16. The van der Waals surface area contributed by atoms with Gasteiger partial charge < -0.3 is 33.5 Å². The van der Waals surface area contributed by atoms with Gasteiger partial charge in [-0.2, -0.15) is 4.57 Å². The maximum Gasteiger partial charge on any atom is 0.212 e. The molecule has 0 radical (unpaired) electrons. The first-order chi connectivity index (χ1) is 11.8. The Balaban J connectivity index is 0.00000225. The van der Waals surface area contributed by atoms with Crippen molar-refractivity contribution in [2.45, 2.75) is 13.5 Å². The van der Waals surface area contributed by atoms with Gasteiger partial charge in [0.1, 0.15) is 18.0 Å². The number of methoxy groups -OCH3 is 2. The molecule has 1 heterocycles. The lowest BCUT2D eigenvalue weighted by atomic mass is 10.1. The zero-order valence-corrected chi connectivity index (χ0v) is 16.9. The van der Waals surface area contributed by atoms with Gasteiger partial charge in [0, 0.05) is 35.2 Å². The van der Waals surface area contributed by atoms with Crippen LogP contribution >= 0.6 is 0 Å². The first-order valence-electron chi connectivity index (χ1n) is 8.08. The lowest BCUT2D eigenvalue weighted by Gasteiger charge is -2.07. The van der Waals surface area contributed by atoms with Gasteiger partial charge in [0.2, 0.25) is 11.2 Å². The van der Waals surface area contributed by atoms with Crippen molar-refractivity contribution in [2.24, 2.45) is 0 Å². The third-order valence-electron chi connectivity index (χ3n) is 4.16. The molecule has 0 fully saturated rings. The molecular weight excluding hydrogens is 425 g/mol. The number of nitrogens with zero attached hydrogens (tertiary/aromatic N) is 1. The van der Waals surface area contributed by atoms with Crippen molar-refractivity contribution in [1.29, 1.82) is 0 Å². The van der Waals surface area contributed by atoms with Crippen LogP contribution < -0.4 is 38.0 Å². The summed E-state index contributed by atoms with van der Waals surface area (Å²) in [6, 6.07) is 18.6. The van der Waals surface area contributed by atoms with Gasteiger partial charge in [-0.1, -0.05) is 12.1 Å². The summed E-state index contributed by atoms with van der Waals surface area (Å²) in [6.45, 7) is 3.08. The van der Waals surface area contributed by atoms with Crippen molar-refractivity contribution in [3.63, 3.8) is 0 Å². The molecule has 0 bridgehead atoms. The summed E-state index contributed by atoms with van der Waals surface area (Å²) in [6.07, 6.45) is 4.20. The molecule has 0 N–H and O–H groups in total. The van der Waals surface area contributed by atoms with E-state index in [-0.39, 0.29) is 24.0 Å². The summed E-state index contributed by atoms with van der Waals surface area (Å²) >= 11 is 0. The van der Waals surface area contributed by atoms with Crippen LogP contribution in [0.1, 0.15) is 18.2 Å². The Kier molecular flexibility index (Phi) is 6.82. The minimum absolute atomic E-state index is 0. The van der Waals surface area contributed by atoms with Gasteiger partial charge in [0.15, 0.2) is 0 Å². The van der Waals surface area contributed by atoms with Crippen LogP contribution in [0.2, 0.25) is 0 Å². The molecule has 0 saturated heterocycles. The second-order valence-corrected chi connectivity index (χ2v) is 5.50. The van der Waals surface area contributed by atoms with E-state index in [0.29, 0.717) is 0 Å². The standard InChI is InChI=1S/C21H22NO2.HI/c1-4-22-18(12-9-16-7-5-6-8-20(16)22)13-10-17-11-14-19(23-2)15-21(17)24-3;/h5-15H,4H2,1-3H3;1H/q+1;/p-1. The van der Waals surface area contributed by atoms with Crippen molar-refractivity contribution in [3.8, 4) is 11.5 Å². The van der Waals surface area contributed by atoms with Crippen LogP contribution in [-0.4, -0.2) is 14.2 Å². The van der Waals surface area contributed by atoms with Crippen molar-refractivity contribution in [1.82, 2.24) is 0 Å². The SMILES string of the molecule is CC[n+]1c(C=Cc2ccc(OC)cc2OC)ccc2ccccc21.[I-]. The Bertz CT molecular complexity index is 890. The third kappa shape index (κ3) is 4.12. The molecule has 130 valence electrons. The highest BCUT2D eigenvalue weighted by molar-refractivity contribution is 5.77. The normalized spacial score (nSPS) is 10.7. The number of hydrogen-bond acceptors (Lipinski definition) is 2. The molecule has 3 nitrogen and oxygen atoms in total. The fourth-order valence-electron chi connectivity index (χ4n) is 2.91. The maximum atomic E-state index is 5.47. The number of para-hydroxylation sites is 1. The van der Waals surface area contributed by atoms with Crippen LogP contribution in [0.3, 0.4) is 0 Å². The number of hydrogen-bond donors (Lipinski definition) is 0. The Morgan fingerprint density at radius 2 is 1.72 bits per heavy atom. The van der Waals surface area contributed by atoms with E-state index in [9.17, 15) is 0 Å². The van der Waals surface area contributed by atoms with Crippen LogP contribution in [0.25, 0.3) is 23.1 Å². The number of benzene rings is 2. The number of fused-ring (bicyclic) bond motifs is 1. The van der Waals surface area contributed by atoms with Gasteiger partial charge in [-0.15, -0.1) is 0 Å². The van der Waals surface area contributed by atoms with Crippen LogP contribution in [0.5, 0.6) is 11.5 Å². The van der Waals surface area contributed by atoms with E-state index in [1.807, 2.05) is 18.2 Å². The van der Waals surface area contributed by atoms with Gasteiger partial charge in [-0.05, 0) is 37.3 Å². The molecule has 0 aliphatic heterocycles. The Labute approximate surface area is 165 Å². The van der Waals surface area contributed by atoms with E-state index in [1.54, 1.807) is 14.2 Å². The van der Waals surface area contributed by atoms with Crippen molar-refractivity contribution >= 4 is 23.1 Å². The Morgan fingerprint density at radius 3 is 2.44 bits per heavy atom. The highest BCUT2D eigenvalue weighted by Gasteiger charge is 2.11. The van der Waals surface area contributed by atoms with Crippen LogP contribution in [-0.2, 0) is 6.54 Å². The number of rotatable bonds is 5. The summed E-state index contributed by atoms with van der Waals surface area (Å²) in [4.78, 5) is 0. The van der Waals surface area contributed by atoms with Gasteiger partial charge in [0.25, 0.3) is 0 Å². The van der Waals surface area contributed by atoms with E-state index >= 15 is 0 Å². The van der Waals surface area contributed by atoms with Crippen LogP contribution in [0, 0.1) is 0 Å². The summed E-state index contributed by atoms with van der Waals surface area (Å²) in [5.74, 6) is 1.59. The van der Waals surface area contributed by atoms with Gasteiger partial charge in [0.05, 0.1) is 14.2 Å². The predicted octanol–water partition coefficient (Wildman–Crippen LogP) is 1.34. The Hall–Kier alpha value is -2.08.